The molecule has 4 rings (SSSR count). The van der Waals surface area contributed by atoms with Crippen molar-refractivity contribution in [1.29, 1.82) is 0 Å². The minimum absolute atomic E-state index is 0.116. The lowest BCUT2D eigenvalue weighted by Gasteiger charge is -2.18. The largest absolute Gasteiger partial charge is 0.347 e. The Hall–Kier alpha value is -3.81. The summed E-state index contributed by atoms with van der Waals surface area (Å²) < 4.78 is 15.1. The maximum atomic E-state index is 13.4. The number of hydrogen-bond donors (Lipinski definition) is 1. The Morgan fingerprint density at radius 2 is 1.83 bits per heavy atom. The molecule has 1 aliphatic rings. The van der Waals surface area contributed by atoms with Gasteiger partial charge >= 0.3 is 0 Å². The SMILES string of the molecule is CN1N=C(C(=O)NCc2cn(-c3ccccc3)nc2-c2ccc(F)cc2)CCC1=O. The number of hydrazone groups is 1. The summed E-state index contributed by atoms with van der Waals surface area (Å²) in [6, 6.07) is 15.7. The van der Waals surface area contributed by atoms with Crippen molar-refractivity contribution < 1.29 is 14.0 Å². The lowest BCUT2D eigenvalue weighted by molar-refractivity contribution is -0.130. The summed E-state index contributed by atoms with van der Waals surface area (Å²) in [7, 11) is 1.53. The van der Waals surface area contributed by atoms with Crippen LogP contribution in [-0.2, 0) is 16.1 Å². The third kappa shape index (κ3) is 4.12. The number of rotatable bonds is 5. The summed E-state index contributed by atoms with van der Waals surface area (Å²) in [6.07, 6.45) is 2.41. The molecule has 0 aliphatic carbocycles. The van der Waals surface area contributed by atoms with Crippen LogP contribution in [0.5, 0.6) is 0 Å². The van der Waals surface area contributed by atoms with Crippen LogP contribution in [-0.4, -0.2) is 39.4 Å². The van der Waals surface area contributed by atoms with Gasteiger partial charge < -0.3 is 5.32 Å². The molecule has 8 heteroatoms. The summed E-state index contributed by atoms with van der Waals surface area (Å²) in [5, 5.41) is 12.7. The molecule has 0 bridgehead atoms. The fourth-order valence-electron chi connectivity index (χ4n) is 3.21. The highest BCUT2D eigenvalue weighted by Gasteiger charge is 2.22. The lowest BCUT2D eigenvalue weighted by atomic mass is 10.1. The van der Waals surface area contributed by atoms with E-state index in [-0.39, 0.29) is 30.6 Å². The van der Waals surface area contributed by atoms with E-state index in [0.717, 1.165) is 16.8 Å². The van der Waals surface area contributed by atoms with E-state index in [9.17, 15) is 14.0 Å². The van der Waals surface area contributed by atoms with E-state index in [1.54, 1.807) is 16.8 Å². The van der Waals surface area contributed by atoms with Crippen LogP contribution in [0.1, 0.15) is 18.4 Å². The Kier molecular flexibility index (Phi) is 5.38. The fourth-order valence-corrected chi connectivity index (χ4v) is 3.21. The molecule has 1 aromatic heterocycles. The van der Waals surface area contributed by atoms with E-state index < -0.39 is 0 Å². The smallest absolute Gasteiger partial charge is 0.267 e. The molecule has 2 amide bonds. The predicted molar refractivity (Wildman–Crippen MR) is 110 cm³/mol. The van der Waals surface area contributed by atoms with Gasteiger partial charge in [0.15, 0.2) is 0 Å². The van der Waals surface area contributed by atoms with E-state index in [0.29, 0.717) is 17.8 Å². The molecule has 0 atom stereocenters. The first-order valence-electron chi connectivity index (χ1n) is 9.53. The number of amides is 2. The molecule has 1 N–H and O–H groups in total. The van der Waals surface area contributed by atoms with Crippen LogP contribution < -0.4 is 5.32 Å². The molecule has 3 aromatic rings. The number of halogens is 1. The van der Waals surface area contributed by atoms with Gasteiger partial charge in [-0.1, -0.05) is 18.2 Å². The molecular formula is C22H20FN5O2. The zero-order valence-corrected chi connectivity index (χ0v) is 16.4. The molecule has 0 fully saturated rings. The zero-order valence-electron chi connectivity index (χ0n) is 16.4. The average molecular weight is 405 g/mol. The summed E-state index contributed by atoms with van der Waals surface area (Å²) >= 11 is 0. The van der Waals surface area contributed by atoms with Crippen LogP contribution in [0.2, 0.25) is 0 Å². The van der Waals surface area contributed by atoms with E-state index in [1.807, 2.05) is 36.5 Å². The standard InChI is InChI=1S/C22H20FN5O2/c1-27-20(29)12-11-19(25-27)22(30)24-13-16-14-28(18-5-3-2-4-6-18)26-21(16)15-7-9-17(23)10-8-15/h2-10,14H,11-13H2,1H3,(H,24,30). The third-order valence-electron chi connectivity index (χ3n) is 4.84. The number of para-hydroxylation sites is 1. The molecule has 0 unspecified atom stereocenters. The molecule has 30 heavy (non-hydrogen) atoms. The van der Waals surface area contributed by atoms with Crippen molar-refractivity contribution in [2.45, 2.75) is 19.4 Å². The first-order chi connectivity index (χ1) is 14.5. The molecule has 1 aliphatic heterocycles. The minimum Gasteiger partial charge on any atom is -0.347 e. The molecule has 7 nitrogen and oxygen atoms in total. The van der Waals surface area contributed by atoms with Crippen molar-refractivity contribution >= 4 is 17.5 Å². The van der Waals surface area contributed by atoms with Crippen LogP contribution in [0.3, 0.4) is 0 Å². The molecule has 2 aromatic carbocycles. The van der Waals surface area contributed by atoms with Crippen LogP contribution in [0.15, 0.2) is 65.9 Å². The highest BCUT2D eigenvalue weighted by molar-refractivity contribution is 6.39. The number of aromatic nitrogens is 2. The highest BCUT2D eigenvalue weighted by Crippen LogP contribution is 2.24. The Morgan fingerprint density at radius 1 is 1.10 bits per heavy atom. The lowest BCUT2D eigenvalue weighted by Crippen LogP contribution is -2.37. The Morgan fingerprint density at radius 3 is 2.53 bits per heavy atom. The van der Waals surface area contributed by atoms with E-state index in [4.69, 9.17) is 0 Å². The van der Waals surface area contributed by atoms with Gasteiger partial charge in [-0.2, -0.15) is 10.2 Å². The highest BCUT2D eigenvalue weighted by atomic mass is 19.1. The van der Waals surface area contributed by atoms with Crippen molar-refractivity contribution in [3.8, 4) is 16.9 Å². The number of hydrogen-bond acceptors (Lipinski definition) is 4. The van der Waals surface area contributed by atoms with Gasteiger partial charge in [-0.15, -0.1) is 0 Å². The van der Waals surface area contributed by atoms with Gasteiger partial charge in [-0.3, -0.25) is 9.59 Å². The van der Waals surface area contributed by atoms with Crippen LogP contribution in [0, 0.1) is 5.82 Å². The quantitative estimate of drug-likeness (QED) is 0.709. The second kappa shape index (κ2) is 8.28. The maximum Gasteiger partial charge on any atom is 0.267 e. The summed E-state index contributed by atoms with van der Waals surface area (Å²) in [5.74, 6) is -0.772. The van der Waals surface area contributed by atoms with Crippen LogP contribution >= 0.6 is 0 Å². The maximum absolute atomic E-state index is 13.4. The summed E-state index contributed by atoms with van der Waals surface area (Å²) in [5.41, 5.74) is 3.36. The number of nitrogens with zero attached hydrogens (tertiary/aromatic N) is 4. The van der Waals surface area contributed by atoms with Crippen molar-refractivity contribution in [3.05, 3.63) is 72.2 Å². The zero-order chi connectivity index (χ0) is 21.1. The molecular weight excluding hydrogens is 385 g/mol. The van der Waals surface area contributed by atoms with Gasteiger partial charge in [-0.05, 0) is 36.4 Å². The Balaban J connectivity index is 1.60. The first-order valence-corrected chi connectivity index (χ1v) is 9.53. The number of benzene rings is 2. The normalized spacial score (nSPS) is 13.9. The van der Waals surface area contributed by atoms with Crippen molar-refractivity contribution in [1.82, 2.24) is 20.1 Å². The molecule has 0 spiro atoms. The third-order valence-corrected chi connectivity index (χ3v) is 4.84. The van der Waals surface area contributed by atoms with E-state index >= 15 is 0 Å². The molecule has 0 saturated heterocycles. The van der Waals surface area contributed by atoms with Gasteiger partial charge in [0.2, 0.25) is 5.91 Å². The topological polar surface area (TPSA) is 79.6 Å². The number of carbonyl (C=O) groups excluding carboxylic acids is 2. The number of carbonyl (C=O) groups is 2. The van der Waals surface area contributed by atoms with E-state index in [1.165, 1.54) is 24.2 Å². The first kappa shape index (κ1) is 19.5. The number of nitrogens with one attached hydrogen (secondary N) is 1. The Labute approximate surface area is 172 Å². The van der Waals surface area contributed by atoms with Gasteiger partial charge in [-0.25, -0.2) is 14.1 Å². The van der Waals surface area contributed by atoms with Gasteiger partial charge in [0.05, 0.1) is 11.4 Å². The average Bonchev–Trinajstić information content (AvgIpc) is 3.19. The van der Waals surface area contributed by atoms with E-state index in [2.05, 4.69) is 15.5 Å². The molecule has 0 saturated carbocycles. The summed E-state index contributed by atoms with van der Waals surface area (Å²) in [4.78, 5) is 24.1. The summed E-state index contributed by atoms with van der Waals surface area (Å²) in [6.45, 7) is 0.217. The molecule has 0 radical (unpaired) electrons. The molecule has 152 valence electrons. The fraction of sp³-hybridized carbons (Fsp3) is 0.182. The van der Waals surface area contributed by atoms with Crippen molar-refractivity contribution in [2.75, 3.05) is 7.05 Å². The minimum atomic E-state index is -0.329. The van der Waals surface area contributed by atoms with Gasteiger partial charge in [0.25, 0.3) is 5.91 Å². The second-order valence-corrected chi connectivity index (χ2v) is 6.94. The van der Waals surface area contributed by atoms with Gasteiger partial charge in [0, 0.05) is 43.8 Å². The van der Waals surface area contributed by atoms with Crippen LogP contribution in [0.4, 0.5) is 4.39 Å². The van der Waals surface area contributed by atoms with Crippen LogP contribution in [0.25, 0.3) is 16.9 Å². The predicted octanol–water partition coefficient (Wildman–Crippen LogP) is 2.90. The van der Waals surface area contributed by atoms with Crippen molar-refractivity contribution in [3.63, 3.8) is 0 Å². The monoisotopic (exact) mass is 405 g/mol. The van der Waals surface area contributed by atoms with Gasteiger partial charge in [0.1, 0.15) is 11.5 Å². The molecule has 2 heterocycles. The van der Waals surface area contributed by atoms with Crippen molar-refractivity contribution in [2.24, 2.45) is 5.10 Å². The Bertz CT molecular complexity index is 1110. The second-order valence-electron chi connectivity index (χ2n) is 6.94.